The quantitative estimate of drug-likeness (QED) is 0.578. The highest BCUT2D eigenvalue weighted by Gasteiger charge is 2.38. The second kappa shape index (κ2) is 9.20. The van der Waals surface area contributed by atoms with E-state index in [1.165, 1.54) is 0 Å². The van der Waals surface area contributed by atoms with E-state index in [0.717, 1.165) is 16.7 Å². The summed E-state index contributed by atoms with van der Waals surface area (Å²) in [6.45, 7) is 1.83. The van der Waals surface area contributed by atoms with E-state index in [4.69, 9.17) is 5.73 Å². The Balaban J connectivity index is 2.15. The first kappa shape index (κ1) is 20.3. The zero-order chi connectivity index (χ0) is 20.7. The van der Waals surface area contributed by atoms with Crippen LogP contribution in [0.1, 0.15) is 36.5 Å². The van der Waals surface area contributed by atoms with Gasteiger partial charge in [0, 0.05) is 6.42 Å². The van der Waals surface area contributed by atoms with Gasteiger partial charge in [0.25, 0.3) is 0 Å². The zero-order valence-electron chi connectivity index (χ0n) is 16.5. The van der Waals surface area contributed by atoms with Crippen LogP contribution in [-0.4, -0.2) is 17.9 Å². The molecule has 0 heterocycles. The maximum atomic E-state index is 13.1. The van der Waals surface area contributed by atoms with Crippen LogP contribution in [0.5, 0.6) is 0 Å². The summed E-state index contributed by atoms with van der Waals surface area (Å²) in [5.41, 5.74) is 7.79. The summed E-state index contributed by atoms with van der Waals surface area (Å²) in [7, 11) is 0. The van der Waals surface area contributed by atoms with E-state index in [1.807, 2.05) is 97.9 Å². The maximum absolute atomic E-state index is 13.1. The van der Waals surface area contributed by atoms with Gasteiger partial charge in [0.15, 0.2) is 0 Å². The van der Waals surface area contributed by atoms with Crippen LogP contribution in [0.25, 0.3) is 0 Å². The molecule has 0 saturated carbocycles. The molecule has 0 saturated heterocycles. The molecule has 3 N–H and O–H groups in total. The van der Waals surface area contributed by atoms with Crippen molar-refractivity contribution < 1.29 is 9.59 Å². The number of nitrogens with two attached hydrogens (primary N) is 1. The molecule has 0 aliphatic carbocycles. The summed E-state index contributed by atoms with van der Waals surface area (Å²) >= 11 is 0. The summed E-state index contributed by atoms with van der Waals surface area (Å²) in [4.78, 5) is 24.8. The third kappa shape index (κ3) is 4.37. The number of amides is 2. The average molecular weight is 386 g/mol. The second-order valence-corrected chi connectivity index (χ2v) is 7.11. The standard InChI is InChI=1S/C25H26N2O2/c1-2-22(24(26)29)27-23(28)18-25(19-12-6-3-7-13-19,20-14-8-4-9-15-20)21-16-10-5-11-17-21/h3-17,22H,2,18H2,1H3,(H2,26,29)(H,27,28)/t22-/m0/s1. The first-order chi connectivity index (χ1) is 14.1. The molecule has 0 aliphatic rings. The predicted octanol–water partition coefficient (Wildman–Crippen LogP) is 3.79. The lowest BCUT2D eigenvalue weighted by molar-refractivity contribution is -0.127. The van der Waals surface area contributed by atoms with Gasteiger partial charge in [-0.2, -0.15) is 0 Å². The molecule has 3 rings (SSSR count). The Bertz CT molecular complexity index is 844. The summed E-state index contributed by atoms with van der Waals surface area (Å²) in [6.07, 6.45) is 0.616. The van der Waals surface area contributed by atoms with Gasteiger partial charge in [-0.25, -0.2) is 0 Å². The smallest absolute Gasteiger partial charge is 0.239 e. The Kier molecular flexibility index (Phi) is 6.45. The van der Waals surface area contributed by atoms with Crippen LogP contribution in [0, 0.1) is 0 Å². The zero-order valence-corrected chi connectivity index (χ0v) is 16.5. The van der Waals surface area contributed by atoms with Gasteiger partial charge in [-0.15, -0.1) is 0 Å². The van der Waals surface area contributed by atoms with Crippen LogP contribution >= 0.6 is 0 Å². The highest BCUT2D eigenvalue weighted by atomic mass is 16.2. The number of hydrogen-bond acceptors (Lipinski definition) is 2. The molecule has 0 spiro atoms. The number of hydrogen-bond donors (Lipinski definition) is 2. The number of primary amides is 1. The fraction of sp³-hybridized carbons (Fsp3) is 0.200. The number of carbonyl (C=O) groups excluding carboxylic acids is 2. The molecule has 0 aromatic heterocycles. The van der Waals surface area contributed by atoms with E-state index in [9.17, 15) is 9.59 Å². The van der Waals surface area contributed by atoms with Crippen molar-refractivity contribution in [2.45, 2.75) is 31.2 Å². The topological polar surface area (TPSA) is 72.2 Å². The number of carbonyl (C=O) groups is 2. The molecule has 29 heavy (non-hydrogen) atoms. The molecular weight excluding hydrogens is 360 g/mol. The predicted molar refractivity (Wildman–Crippen MR) is 115 cm³/mol. The van der Waals surface area contributed by atoms with E-state index >= 15 is 0 Å². The number of rotatable bonds is 8. The SMILES string of the molecule is CC[C@H](NC(=O)CC(c1ccccc1)(c1ccccc1)c1ccccc1)C(N)=O. The highest BCUT2D eigenvalue weighted by Crippen LogP contribution is 2.42. The minimum Gasteiger partial charge on any atom is -0.368 e. The average Bonchev–Trinajstić information content (AvgIpc) is 2.77. The summed E-state index contributed by atoms with van der Waals surface area (Å²) in [6, 6.07) is 29.3. The van der Waals surface area contributed by atoms with Crippen LogP contribution < -0.4 is 11.1 Å². The Morgan fingerprint density at radius 1 is 0.793 bits per heavy atom. The van der Waals surface area contributed by atoms with Gasteiger partial charge in [0.05, 0.1) is 5.41 Å². The lowest BCUT2D eigenvalue weighted by Crippen LogP contribution is -2.46. The molecule has 4 heteroatoms. The van der Waals surface area contributed by atoms with Gasteiger partial charge < -0.3 is 11.1 Å². The van der Waals surface area contributed by atoms with Crippen molar-refractivity contribution in [2.24, 2.45) is 5.73 Å². The largest absolute Gasteiger partial charge is 0.368 e. The van der Waals surface area contributed by atoms with Gasteiger partial charge in [0.1, 0.15) is 6.04 Å². The summed E-state index contributed by atoms with van der Waals surface area (Å²) in [5.74, 6) is -0.738. The van der Waals surface area contributed by atoms with E-state index in [2.05, 4.69) is 5.32 Å². The van der Waals surface area contributed by atoms with Crippen LogP contribution in [0.2, 0.25) is 0 Å². The van der Waals surface area contributed by atoms with Crippen LogP contribution in [0.4, 0.5) is 0 Å². The molecule has 4 nitrogen and oxygen atoms in total. The van der Waals surface area contributed by atoms with Gasteiger partial charge in [0.2, 0.25) is 11.8 Å². The summed E-state index contributed by atoms with van der Waals surface area (Å²) < 4.78 is 0. The van der Waals surface area contributed by atoms with Crippen molar-refractivity contribution >= 4 is 11.8 Å². The molecule has 2 amide bonds. The van der Waals surface area contributed by atoms with E-state index < -0.39 is 17.4 Å². The monoisotopic (exact) mass is 386 g/mol. The molecule has 0 bridgehead atoms. The Morgan fingerprint density at radius 2 is 1.17 bits per heavy atom. The van der Waals surface area contributed by atoms with Gasteiger partial charge in [-0.1, -0.05) is 97.9 Å². The van der Waals surface area contributed by atoms with Crippen molar-refractivity contribution in [1.29, 1.82) is 0 Å². The maximum Gasteiger partial charge on any atom is 0.239 e. The molecule has 0 fully saturated rings. The third-order valence-corrected chi connectivity index (χ3v) is 5.31. The molecule has 0 aliphatic heterocycles. The van der Waals surface area contributed by atoms with Gasteiger partial charge in [-0.3, -0.25) is 9.59 Å². The molecule has 0 unspecified atom stereocenters. The molecule has 3 aromatic rings. The van der Waals surface area contributed by atoms with E-state index in [0.29, 0.717) is 6.42 Å². The van der Waals surface area contributed by atoms with Crippen LogP contribution in [0.3, 0.4) is 0 Å². The van der Waals surface area contributed by atoms with Gasteiger partial charge >= 0.3 is 0 Å². The molecule has 148 valence electrons. The van der Waals surface area contributed by atoms with E-state index in [-0.39, 0.29) is 12.3 Å². The minimum absolute atomic E-state index is 0.162. The lowest BCUT2D eigenvalue weighted by Gasteiger charge is -2.36. The fourth-order valence-corrected chi connectivity index (χ4v) is 3.83. The molecule has 3 aromatic carbocycles. The first-order valence-corrected chi connectivity index (χ1v) is 9.83. The van der Waals surface area contributed by atoms with Crippen LogP contribution in [-0.2, 0) is 15.0 Å². The highest BCUT2D eigenvalue weighted by molar-refractivity contribution is 5.87. The third-order valence-electron chi connectivity index (χ3n) is 5.31. The summed E-state index contributed by atoms with van der Waals surface area (Å²) in [5, 5.41) is 2.82. The molecule has 0 radical (unpaired) electrons. The Morgan fingerprint density at radius 3 is 1.48 bits per heavy atom. The number of nitrogens with one attached hydrogen (secondary N) is 1. The lowest BCUT2D eigenvalue weighted by atomic mass is 9.67. The van der Waals surface area contributed by atoms with Crippen molar-refractivity contribution in [3.63, 3.8) is 0 Å². The van der Waals surface area contributed by atoms with Crippen molar-refractivity contribution in [3.05, 3.63) is 108 Å². The van der Waals surface area contributed by atoms with Crippen molar-refractivity contribution in [3.8, 4) is 0 Å². The Labute approximate surface area is 171 Å². The van der Waals surface area contributed by atoms with Crippen molar-refractivity contribution in [2.75, 3.05) is 0 Å². The Hall–Kier alpha value is -3.40. The second-order valence-electron chi connectivity index (χ2n) is 7.11. The van der Waals surface area contributed by atoms with Gasteiger partial charge in [-0.05, 0) is 23.1 Å². The molecule has 1 atom stereocenters. The first-order valence-electron chi connectivity index (χ1n) is 9.83. The van der Waals surface area contributed by atoms with Crippen LogP contribution in [0.15, 0.2) is 91.0 Å². The fourth-order valence-electron chi connectivity index (χ4n) is 3.83. The van der Waals surface area contributed by atoms with E-state index in [1.54, 1.807) is 0 Å². The molecular formula is C25H26N2O2. The number of benzene rings is 3. The van der Waals surface area contributed by atoms with Crippen molar-refractivity contribution in [1.82, 2.24) is 5.32 Å². The minimum atomic E-state index is -0.691. The normalized spacial score (nSPS) is 12.2.